The Labute approximate surface area is 178 Å². The second-order valence-electron chi connectivity index (χ2n) is 7.53. The first-order chi connectivity index (χ1) is 14.8. The average Bonchev–Trinajstić information content (AvgIpc) is 3.15. The van der Waals surface area contributed by atoms with Gasteiger partial charge in [0, 0.05) is 22.7 Å². The summed E-state index contributed by atoms with van der Waals surface area (Å²) in [7, 11) is 0. The van der Waals surface area contributed by atoms with Crippen molar-refractivity contribution in [1.29, 1.82) is 0 Å². The van der Waals surface area contributed by atoms with Crippen LogP contribution in [0.3, 0.4) is 0 Å². The minimum absolute atomic E-state index is 0.00790. The van der Waals surface area contributed by atoms with Gasteiger partial charge in [0.05, 0.1) is 29.5 Å². The predicted octanol–water partition coefficient (Wildman–Crippen LogP) is 7.03. The van der Waals surface area contributed by atoms with E-state index in [1.54, 1.807) is 17.0 Å². The first-order valence-corrected chi connectivity index (χ1v) is 10.2. The maximum Gasteiger partial charge on any atom is 0.416 e. The second kappa shape index (κ2) is 8.17. The molecule has 0 aliphatic rings. The summed E-state index contributed by atoms with van der Waals surface area (Å²) in [5.74, 6) is -0.663. The number of halogens is 4. The van der Waals surface area contributed by atoms with Gasteiger partial charge in [-0.15, -0.1) is 0 Å². The molecule has 0 fully saturated rings. The van der Waals surface area contributed by atoms with Gasteiger partial charge in [-0.25, -0.2) is 4.39 Å². The van der Waals surface area contributed by atoms with Crippen molar-refractivity contribution in [2.24, 2.45) is 0 Å². The topological polar surface area (TPSA) is 17.8 Å². The minimum Gasteiger partial charge on any atom is -0.342 e. The van der Waals surface area contributed by atoms with Crippen molar-refractivity contribution in [1.82, 2.24) is 9.55 Å². The summed E-state index contributed by atoms with van der Waals surface area (Å²) in [6, 6.07) is 12.6. The third-order valence-electron chi connectivity index (χ3n) is 5.63. The van der Waals surface area contributed by atoms with Crippen LogP contribution in [0.25, 0.3) is 22.2 Å². The highest BCUT2D eigenvalue weighted by molar-refractivity contribution is 5.84. The maximum atomic E-state index is 14.2. The Bertz CT molecular complexity index is 1220. The molecule has 0 saturated carbocycles. The summed E-state index contributed by atoms with van der Waals surface area (Å²) in [4.78, 5) is 4.65. The number of fused-ring (bicyclic) bond motifs is 1. The zero-order chi connectivity index (χ0) is 22.2. The third kappa shape index (κ3) is 4.07. The lowest BCUT2D eigenvalue weighted by Crippen LogP contribution is -2.08. The van der Waals surface area contributed by atoms with Gasteiger partial charge in [-0.3, -0.25) is 4.98 Å². The fourth-order valence-electron chi connectivity index (χ4n) is 3.99. The highest BCUT2D eigenvalue weighted by atomic mass is 19.4. The van der Waals surface area contributed by atoms with E-state index >= 15 is 0 Å². The Balaban J connectivity index is 1.74. The van der Waals surface area contributed by atoms with Gasteiger partial charge in [0.15, 0.2) is 0 Å². The lowest BCUT2D eigenvalue weighted by atomic mass is 9.94. The maximum absolute atomic E-state index is 14.2. The van der Waals surface area contributed by atoms with Crippen LogP contribution in [0.1, 0.15) is 36.1 Å². The van der Waals surface area contributed by atoms with Crippen LogP contribution in [0, 0.1) is 5.82 Å². The van der Waals surface area contributed by atoms with E-state index in [1.165, 1.54) is 11.1 Å². The zero-order valence-corrected chi connectivity index (χ0v) is 17.3. The molecule has 0 unspecified atom stereocenters. The predicted molar refractivity (Wildman–Crippen MR) is 114 cm³/mol. The molecule has 2 nitrogen and oxygen atoms in total. The Morgan fingerprint density at radius 2 is 1.61 bits per heavy atom. The molecule has 0 N–H and O–H groups in total. The van der Waals surface area contributed by atoms with Crippen LogP contribution in [0.4, 0.5) is 17.6 Å². The van der Waals surface area contributed by atoms with Gasteiger partial charge in [0.25, 0.3) is 0 Å². The van der Waals surface area contributed by atoms with Crippen LogP contribution in [0.5, 0.6) is 0 Å². The molecule has 0 saturated heterocycles. The van der Waals surface area contributed by atoms with Crippen LogP contribution < -0.4 is 0 Å². The van der Waals surface area contributed by atoms with Gasteiger partial charge in [0.2, 0.25) is 0 Å². The van der Waals surface area contributed by atoms with Crippen molar-refractivity contribution in [2.75, 3.05) is 0 Å². The summed E-state index contributed by atoms with van der Waals surface area (Å²) in [5, 5.41) is 0.908. The summed E-state index contributed by atoms with van der Waals surface area (Å²) in [6.07, 6.45) is 0.725. The molecule has 2 aromatic heterocycles. The summed E-state index contributed by atoms with van der Waals surface area (Å²) in [5.41, 5.74) is 4.31. The fourth-order valence-corrected chi connectivity index (χ4v) is 3.99. The molecule has 0 bridgehead atoms. The second-order valence-corrected chi connectivity index (χ2v) is 7.53. The molecule has 2 heterocycles. The minimum atomic E-state index is -4.51. The number of aromatic nitrogens is 2. The fraction of sp³-hybridized carbons (Fsp3) is 0.240. The SMILES string of the molecule is CCc1cccc(CC)c1-c1cc2ccn(Cc3cc(C(F)(F)F)ccc3F)c2cn1. The van der Waals surface area contributed by atoms with Gasteiger partial charge >= 0.3 is 6.18 Å². The molecule has 160 valence electrons. The monoisotopic (exact) mass is 426 g/mol. The number of benzene rings is 2. The molecule has 0 aliphatic carbocycles. The van der Waals surface area contributed by atoms with Crippen LogP contribution in [-0.4, -0.2) is 9.55 Å². The van der Waals surface area contributed by atoms with Crippen LogP contribution in [-0.2, 0) is 25.6 Å². The molecule has 6 heteroatoms. The Kier molecular flexibility index (Phi) is 5.56. The van der Waals surface area contributed by atoms with Crippen molar-refractivity contribution < 1.29 is 17.6 Å². The zero-order valence-electron chi connectivity index (χ0n) is 17.3. The van der Waals surface area contributed by atoms with Gasteiger partial charge in [0.1, 0.15) is 5.82 Å². The van der Waals surface area contributed by atoms with Crippen LogP contribution in [0.2, 0.25) is 0 Å². The molecule has 0 aliphatic heterocycles. The molecule has 0 radical (unpaired) electrons. The summed E-state index contributed by atoms with van der Waals surface area (Å²) in [6.45, 7) is 4.21. The standard InChI is InChI=1S/C25H22F4N2/c1-3-16-6-5-7-17(4-2)24(16)22-13-18-10-11-31(23(18)14-30-22)15-19-12-20(25(27,28)29)8-9-21(19)26/h5-14H,3-4,15H2,1-2H3. The largest absolute Gasteiger partial charge is 0.416 e. The van der Waals surface area contributed by atoms with Gasteiger partial charge in [-0.1, -0.05) is 32.0 Å². The van der Waals surface area contributed by atoms with Crippen molar-refractivity contribution in [2.45, 2.75) is 39.4 Å². The first-order valence-electron chi connectivity index (χ1n) is 10.2. The van der Waals surface area contributed by atoms with E-state index < -0.39 is 17.6 Å². The molecule has 31 heavy (non-hydrogen) atoms. The number of alkyl halides is 3. The Hall–Kier alpha value is -3.15. The Morgan fingerprint density at radius 1 is 0.903 bits per heavy atom. The number of hydrogen-bond acceptors (Lipinski definition) is 1. The van der Waals surface area contributed by atoms with Crippen molar-refractivity contribution in [3.63, 3.8) is 0 Å². The van der Waals surface area contributed by atoms with E-state index in [-0.39, 0.29) is 12.1 Å². The van der Waals surface area contributed by atoms with E-state index in [1.807, 2.05) is 12.1 Å². The van der Waals surface area contributed by atoms with Crippen molar-refractivity contribution in [3.05, 3.63) is 89.0 Å². The molecule has 4 aromatic rings. The highest BCUT2D eigenvalue weighted by Crippen LogP contribution is 2.32. The lowest BCUT2D eigenvalue weighted by molar-refractivity contribution is -0.137. The molecule has 0 atom stereocenters. The normalized spacial score (nSPS) is 11.9. The van der Waals surface area contributed by atoms with E-state index in [9.17, 15) is 17.6 Å². The van der Waals surface area contributed by atoms with E-state index in [2.05, 4.69) is 37.0 Å². The van der Waals surface area contributed by atoms with Crippen molar-refractivity contribution >= 4 is 10.9 Å². The molecule has 0 spiro atoms. The molecular weight excluding hydrogens is 404 g/mol. The Morgan fingerprint density at radius 3 is 2.26 bits per heavy atom. The third-order valence-corrected chi connectivity index (χ3v) is 5.63. The average molecular weight is 426 g/mol. The van der Waals surface area contributed by atoms with Crippen molar-refractivity contribution in [3.8, 4) is 11.3 Å². The number of hydrogen-bond donors (Lipinski definition) is 0. The van der Waals surface area contributed by atoms with E-state index in [4.69, 9.17) is 0 Å². The number of pyridine rings is 1. The lowest BCUT2D eigenvalue weighted by Gasteiger charge is -2.13. The number of aryl methyl sites for hydroxylation is 2. The van der Waals surface area contributed by atoms with Gasteiger partial charge in [-0.2, -0.15) is 13.2 Å². The molecule has 4 rings (SSSR count). The number of nitrogens with zero attached hydrogens (tertiary/aromatic N) is 2. The summed E-state index contributed by atoms with van der Waals surface area (Å²) < 4.78 is 55.0. The van der Waals surface area contributed by atoms with Crippen LogP contribution >= 0.6 is 0 Å². The quantitative estimate of drug-likeness (QED) is 0.313. The number of rotatable bonds is 5. The van der Waals surface area contributed by atoms with E-state index in [0.29, 0.717) is 0 Å². The summed E-state index contributed by atoms with van der Waals surface area (Å²) >= 11 is 0. The van der Waals surface area contributed by atoms with E-state index in [0.717, 1.165) is 53.2 Å². The first kappa shape index (κ1) is 21.1. The smallest absolute Gasteiger partial charge is 0.342 e. The molecule has 2 aromatic carbocycles. The molecule has 0 amide bonds. The van der Waals surface area contributed by atoms with Gasteiger partial charge < -0.3 is 4.57 Å². The van der Waals surface area contributed by atoms with Crippen LogP contribution in [0.15, 0.2) is 60.9 Å². The highest BCUT2D eigenvalue weighted by Gasteiger charge is 2.31. The molecular formula is C25H22F4N2. The van der Waals surface area contributed by atoms with Gasteiger partial charge in [-0.05, 0) is 54.3 Å².